The molecule has 2 heterocycles. The number of carbonyl (C=O) groups is 1. The summed E-state index contributed by atoms with van der Waals surface area (Å²) in [5.74, 6) is -0.0472. The molecule has 2 rings (SSSR count). The van der Waals surface area contributed by atoms with Crippen molar-refractivity contribution in [2.75, 3.05) is 14.1 Å². The van der Waals surface area contributed by atoms with Crippen LogP contribution >= 0.6 is 22.7 Å². The predicted molar refractivity (Wildman–Crippen MR) is 63.4 cm³/mol. The fraction of sp³-hybridized carbons (Fsp3) is 0.200. The first-order valence-corrected chi connectivity index (χ1v) is 6.15. The predicted octanol–water partition coefficient (Wildman–Crippen LogP) is 2.57. The zero-order valence-electron chi connectivity index (χ0n) is 8.43. The zero-order chi connectivity index (χ0) is 10.8. The topological polar surface area (TPSA) is 33.2 Å². The average Bonchev–Trinajstić information content (AvgIpc) is 2.86. The van der Waals surface area contributed by atoms with E-state index < -0.39 is 0 Å². The smallest absolute Gasteiger partial charge is 0.272 e. The van der Waals surface area contributed by atoms with Crippen LogP contribution < -0.4 is 0 Å². The molecule has 0 aliphatic rings. The molecule has 0 N–H and O–H groups in total. The first-order chi connectivity index (χ1) is 7.18. The summed E-state index contributed by atoms with van der Waals surface area (Å²) < 4.78 is 0. The number of thiophene rings is 1. The molecule has 0 saturated carbocycles. The second kappa shape index (κ2) is 4.12. The first-order valence-electron chi connectivity index (χ1n) is 4.39. The van der Waals surface area contributed by atoms with Gasteiger partial charge in [-0.2, -0.15) is 0 Å². The van der Waals surface area contributed by atoms with Crippen LogP contribution in [0, 0.1) is 0 Å². The van der Waals surface area contributed by atoms with E-state index >= 15 is 0 Å². The summed E-state index contributed by atoms with van der Waals surface area (Å²) in [6, 6.07) is 3.99. The van der Waals surface area contributed by atoms with E-state index in [1.54, 1.807) is 30.8 Å². The fourth-order valence-corrected chi connectivity index (χ4v) is 2.72. The first kappa shape index (κ1) is 10.3. The van der Waals surface area contributed by atoms with Gasteiger partial charge in [-0.3, -0.25) is 4.79 Å². The van der Waals surface area contributed by atoms with Crippen molar-refractivity contribution < 1.29 is 4.79 Å². The molecular weight excluding hydrogens is 228 g/mol. The van der Waals surface area contributed by atoms with Gasteiger partial charge < -0.3 is 4.90 Å². The Balaban J connectivity index is 2.29. The molecule has 15 heavy (non-hydrogen) atoms. The van der Waals surface area contributed by atoms with Crippen LogP contribution in [0.1, 0.15) is 10.5 Å². The summed E-state index contributed by atoms with van der Waals surface area (Å²) in [7, 11) is 3.46. The third-order valence-electron chi connectivity index (χ3n) is 1.86. The van der Waals surface area contributed by atoms with E-state index in [0.717, 1.165) is 9.88 Å². The number of aromatic nitrogens is 1. The molecule has 0 saturated heterocycles. The van der Waals surface area contributed by atoms with Gasteiger partial charge in [0, 0.05) is 19.5 Å². The molecule has 0 spiro atoms. The van der Waals surface area contributed by atoms with Crippen molar-refractivity contribution in [3.63, 3.8) is 0 Å². The minimum atomic E-state index is -0.0472. The third kappa shape index (κ3) is 2.08. The number of thiazole rings is 1. The largest absolute Gasteiger partial charge is 0.343 e. The Kier molecular flexibility index (Phi) is 2.83. The average molecular weight is 238 g/mol. The van der Waals surface area contributed by atoms with Crippen molar-refractivity contribution in [3.8, 4) is 9.88 Å². The van der Waals surface area contributed by atoms with Crippen molar-refractivity contribution in [1.82, 2.24) is 9.88 Å². The highest BCUT2D eigenvalue weighted by molar-refractivity contribution is 7.20. The van der Waals surface area contributed by atoms with Crippen LogP contribution in [0.5, 0.6) is 0 Å². The van der Waals surface area contributed by atoms with Gasteiger partial charge in [-0.15, -0.1) is 22.7 Å². The number of hydrogen-bond acceptors (Lipinski definition) is 4. The number of nitrogens with zero attached hydrogens (tertiary/aromatic N) is 2. The molecule has 5 heteroatoms. The Hall–Kier alpha value is -1.20. The number of hydrogen-bond donors (Lipinski definition) is 0. The lowest BCUT2D eigenvalue weighted by molar-refractivity contribution is 0.0823. The Morgan fingerprint density at radius 1 is 1.40 bits per heavy atom. The summed E-state index contributed by atoms with van der Waals surface area (Å²) in [6.07, 6.45) is 0. The molecule has 0 atom stereocenters. The summed E-state index contributed by atoms with van der Waals surface area (Å²) in [5.41, 5.74) is 0.522. The summed E-state index contributed by atoms with van der Waals surface area (Å²) >= 11 is 3.14. The minimum absolute atomic E-state index is 0.0472. The highest BCUT2D eigenvalue weighted by Crippen LogP contribution is 2.27. The second-order valence-electron chi connectivity index (χ2n) is 3.21. The van der Waals surface area contributed by atoms with E-state index in [1.807, 2.05) is 17.5 Å². The van der Waals surface area contributed by atoms with Crippen molar-refractivity contribution in [2.45, 2.75) is 0 Å². The number of amides is 1. The van der Waals surface area contributed by atoms with Crippen LogP contribution in [0.15, 0.2) is 22.9 Å². The van der Waals surface area contributed by atoms with Crippen molar-refractivity contribution in [2.24, 2.45) is 0 Å². The lowest BCUT2D eigenvalue weighted by Gasteiger charge is -2.06. The maximum absolute atomic E-state index is 11.6. The Bertz CT molecular complexity index is 459. The molecular formula is C10H10N2OS2. The van der Waals surface area contributed by atoms with Gasteiger partial charge in [-0.05, 0) is 11.4 Å². The Labute approximate surface area is 96.0 Å². The molecule has 1 amide bonds. The van der Waals surface area contributed by atoms with Gasteiger partial charge in [0.25, 0.3) is 5.91 Å². The standard InChI is InChI=1S/C10H10N2OS2/c1-12(2)10(13)7-6-15-9(11-7)8-4-3-5-14-8/h3-6H,1-2H3. The van der Waals surface area contributed by atoms with Crippen molar-refractivity contribution in [1.29, 1.82) is 0 Å². The van der Waals surface area contributed by atoms with Crippen LogP contribution in [0.4, 0.5) is 0 Å². The summed E-state index contributed by atoms with van der Waals surface area (Å²) in [6.45, 7) is 0. The fourth-order valence-electron chi connectivity index (χ4n) is 1.11. The van der Waals surface area contributed by atoms with Gasteiger partial charge in [0.15, 0.2) is 0 Å². The van der Waals surface area contributed by atoms with Crippen LogP contribution in [0.2, 0.25) is 0 Å². The Morgan fingerprint density at radius 3 is 2.80 bits per heavy atom. The third-order valence-corrected chi connectivity index (χ3v) is 3.74. The number of carbonyl (C=O) groups excluding carboxylic acids is 1. The highest BCUT2D eigenvalue weighted by Gasteiger charge is 2.13. The monoisotopic (exact) mass is 238 g/mol. The van der Waals surface area contributed by atoms with E-state index in [0.29, 0.717) is 5.69 Å². The van der Waals surface area contributed by atoms with Crippen LogP contribution in [0.3, 0.4) is 0 Å². The highest BCUT2D eigenvalue weighted by atomic mass is 32.1. The van der Waals surface area contributed by atoms with E-state index in [1.165, 1.54) is 16.2 Å². The molecule has 2 aromatic heterocycles. The molecule has 0 radical (unpaired) electrons. The van der Waals surface area contributed by atoms with Crippen LogP contribution in [-0.2, 0) is 0 Å². The van der Waals surface area contributed by atoms with Gasteiger partial charge in [0.05, 0.1) is 4.88 Å². The van der Waals surface area contributed by atoms with Crippen LogP contribution in [0.25, 0.3) is 9.88 Å². The molecule has 0 aromatic carbocycles. The van der Waals surface area contributed by atoms with Gasteiger partial charge in [-0.1, -0.05) is 6.07 Å². The Morgan fingerprint density at radius 2 is 2.20 bits per heavy atom. The zero-order valence-corrected chi connectivity index (χ0v) is 10.1. The maximum atomic E-state index is 11.6. The summed E-state index contributed by atoms with van der Waals surface area (Å²) in [4.78, 5) is 18.6. The van der Waals surface area contributed by atoms with E-state index in [4.69, 9.17) is 0 Å². The molecule has 0 bridgehead atoms. The molecule has 0 fully saturated rings. The molecule has 0 unspecified atom stereocenters. The quantitative estimate of drug-likeness (QED) is 0.805. The van der Waals surface area contributed by atoms with Gasteiger partial charge in [0.1, 0.15) is 10.7 Å². The number of rotatable bonds is 2. The second-order valence-corrected chi connectivity index (χ2v) is 5.02. The molecule has 78 valence electrons. The molecule has 3 nitrogen and oxygen atoms in total. The van der Waals surface area contributed by atoms with Crippen LogP contribution in [-0.4, -0.2) is 29.9 Å². The maximum Gasteiger partial charge on any atom is 0.272 e. The van der Waals surface area contributed by atoms with Crippen molar-refractivity contribution >= 4 is 28.6 Å². The lowest BCUT2D eigenvalue weighted by atomic mass is 10.4. The molecule has 2 aromatic rings. The van der Waals surface area contributed by atoms with E-state index in [-0.39, 0.29) is 5.91 Å². The summed E-state index contributed by atoms with van der Waals surface area (Å²) in [5, 5.41) is 4.72. The lowest BCUT2D eigenvalue weighted by Crippen LogP contribution is -2.21. The SMILES string of the molecule is CN(C)C(=O)c1csc(-c2cccs2)n1. The normalized spacial score (nSPS) is 10.3. The van der Waals surface area contributed by atoms with Gasteiger partial charge in [0.2, 0.25) is 0 Å². The molecule has 0 aliphatic carbocycles. The van der Waals surface area contributed by atoms with E-state index in [9.17, 15) is 4.79 Å². The van der Waals surface area contributed by atoms with Gasteiger partial charge >= 0.3 is 0 Å². The van der Waals surface area contributed by atoms with Gasteiger partial charge in [-0.25, -0.2) is 4.98 Å². The minimum Gasteiger partial charge on any atom is -0.343 e. The molecule has 0 aliphatic heterocycles. The van der Waals surface area contributed by atoms with Crippen molar-refractivity contribution in [3.05, 3.63) is 28.6 Å². The van der Waals surface area contributed by atoms with E-state index in [2.05, 4.69) is 4.98 Å².